The Bertz CT molecular complexity index is 436. The summed E-state index contributed by atoms with van der Waals surface area (Å²) in [6, 6.07) is 0. The fraction of sp³-hybridized carbons (Fsp3) is 0.714. The van der Waals surface area contributed by atoms with Crippen molar-refractivity contribution in [1.82, 2.24) is 10.3 Å². The van der Waals surface area contributed by atoms with Crippen molar-refractivity contribution >= 4 is 17.2 Å². The Balaban J connectivity index is 1.83. The average molecular weight is 282 g/mol. The maximum absolute atomic E-state index is 11.9. The summed E-state index contributed by atoms with van der Waals surface area (Å²) >= 11 is 1.38. The van der Waals surface area contributed by atoms with E-state index in [1.54, 1.807) is 6.20 Å². The highest BCUT2D eigenvalue weighted by molar-refractivity contribution is 7.13. The molecule has 2 rings (SSSR count). The predicted octanol–water partition coefficient (Wildman–Crippen LogP) is 2.51. The minimum atomic E-state index is -0.721. The number of carbonyl (C=O) groups is 1. The molecule has 4 nitrogen and oxygen atoms in total. The minimum Gasteiger partial charge on any atom is -0.388 e. The monoisotopic (exact) mass is 282 g/mol. The van der Waals surface area contributed by atoms with Gasteiger partial charge < -0.3 is 10.4 Å². The fourth-order valence-corrected chi connectivity index (χ4v) is 3.29. The molecule has 0 aromatic carbocycles. The van der Waals surface area contributed by atoms with Crippen molar-refractivity contribution in [2.24, 2.45) is 5.92 Å². The van der Waals surface area contributed by atoms with Gasteiger partial charge in [-0.1, -0.05) is 13.3 Å². The normalized spacial score (nSPS) is 27.2. The SMILES string of the molecule is CCC1CCC(O)(CNC(=O)c2cnc(C)s2)CC1. The quantitative estimate of drug-likeness (QED) is 0.892. The third kappa shape index (κ3) is 3.76. The van der Waals surface area contributed by atoms with Crippen molar-refractivity contribution in [3.63, 3.8) is 0 Å². The van der Waals surface area contributed by atoms with Crippen molar-refractivity contribution in [3.8, 4) is 0 Å². The Kier molecular flexibility index (Phi) is 4.58. The first kappa shape index (κ1) is 14.5. The molecule has 19 heavy (non-hydrogen) atoms. The van der Waals surface area contributed by atoms with Crippen molar-refractivity contribution in [2.75, 3.05) is 6.54 Å². The largest absolute Gasteiger partial charge is 0.388 e. The number of aromatic nitrogens is 1. The lowest BCUT2D eigenvalue weighted by Crippen LogP contribution is -2.45. The van der Waals surface area contributed by atoms with Gasteiger partial charge in [0.05, 0.1) is 16.8 Å². The number of amides is 1. The van der Waals surface area contributed by atoms with Crippen LogP contribution in [0.2, 0.25) is 0 Å². The van der Waals surface area contributed by atoms with Gasteiger partial charge in [-0.2, -0.15) is 0 Å². The van der Waals surface area contributed by atoms with E-state index in [1.165, 1.54) is 17.8 Å². The Morgan fingerprint density at radius 3 is 2.79 bits per heavy atom. The van der Waals surface area contributed by atoms with Crippen molar-refractivity contribution < 1.29 is 9.90 Å². The Morgan fingerprint density at radius 2 is 2.26 bits per heavy atom. The van der Waals surface area contributed by atoms with Crippen LogP contribution in [0.5, 0.6) is 0 Å². The Hall–Kier alpha value is -0.940. The summed E-state index contributed by atoms with van der Waals surface area (Å²) in [5.74, 6) is 0.608. The molecule has 1 aromatic rings. The second kappa shape index (κ2) is 6.01. The van der Waals surface area contributed by atoms with Crippen LogP contribution < -0.4 is 5.32 Å². The molecule has 0 saturated heterocycles. The zero-order valence-electron chi connectivity index (χ0n) is 11.6. The van der Waals surface area contributed by atoms with E-state index in [2.05, 4.69) is 17.2 Å². The van der Waals surface area contributed by atoms with Gasteiger partial charge in [0.25, 0.3) is 5.91 Å². The second-order valence-corrected chi connectivity index (χ2v) is 6.74. The van der Waals surface area contributed by atoms with E-state index >= 15 is 0 Å². The summed E-state index contributed by atoms with van der Waals surface area (Å²) in [6.45, 7) is 4.42. The number of nitrogens with one attached hydrogen (secondary N) is 1. The van der Waals surface area contributed by atoms with E-state index in [0.29, 0.717) is 11.4 Å². The number of aliphatic hydroxyl groups is 1. The van der Waals surface area contributed by atoms with Crippen molar-refractivity contribution in [3.05, 3.63) is 16.1 Å². The van der Waals surface area contributed by atoms with Crippen LogP contribution in [0.1, 0.15) is 53.7 Å². The van der Waals surface area contributed by atoms with Gasteiger partial charge in [0.15, 0.2) is 0 Å². The number of hydrogen-bond donors (Lipinski definition) is 2. The third-order valence-electron chi connectivity index (χ3n) is 4.04. The Morgan fingerprint density at radius 1 is 1.58 bits per heavy atom. The molecule has 0 radical (unpaired) electrons. The fourth-order valence-electron chi connectivity index (χ4n) is 2.60. The maximum atomic E-state index is 11.9. The number of carbonyl (C=O) groups excluding carboxylic acids is 1. The van der Waals surface area contributed by atoms with E-state index in [0.717, 1.165) is 36.6 Å². The van der Waals surface area contributed by atoms with Gasteiger partial charge in [-0.25, -0.2) is 4.98 Å². The lowest BCUT2D eigenvalue weighted by Gasteiger charge is -2.35. The number of hydrogen-bond acceptors (Lipinski definition) is 4. The zero-order valence-corrected chi connectivity index (χ0v) is 12.4. The van der Waals surface area contributed by atoms with Crippen LogP contribution in [0.25, 0.3) is 0 Å². The lowest BCUT2D eigenvalue weighted by molar-refractivity contribution is -0.00783. The summed E-state index contributed by atoms with van der Waals surface area (Å²) in [7, 11) is 0. The standard InChI is InChI=1S/C14H22N2O2S/c1-3-11-4-6-14(18,7-5-11)9-16-13(17)12-8-15-10(2)19-12/h8,11,18H,3-7,9H2,1-2H3,(H,16,17). The van der Waals surface area contributed by atoms with E-state index < -0.39 is 5.60 Å². The summed E-state index contributed by atoms with van der Waals surface area (Å²) in [5, 5.41) is 14.2. The molecule has 1 aliphatic rings. The number of thiazole rings is 1. The van der Waals surface area contributed by atoms with Crippen LogP contribution in [0.4, 0.5) is 0 Å². The first-order valence-electron chi connectivity index (χ1n) is 6.95. The molecule has 1 amide bonds. The van der Waals surface area contributed by atoms with Gasteiger partial charge >= 0.3 is 0 Å². The molecule has 1 saturated carbocycles. The van der Waals surface area contributed by atoms with Gasteiger partial charge in [-0.15, -0.1) is 11.3 Å². The Labute approximate surface area is 118 Å². The molecule has 2 N–H and O–H groups in total. The van der Waals surface area contributed by atoms with Crippen molar-refractivity contribution in [1.29, 1.82) is 0 Å². The molecule has 0 spiro atoms. The number of aryl methyl sites for hydroxylation is 1. The van der Waals surface area contributed by atoms with E-state index in [9.17, 15) is 9.90 Å². The summed E-state index contributed by atoms with van der Waals surface area (Å²) in [4.78, 5) is 16.6. The zero-order chi connectivity index (χ0) is 13.9. The highest BCUT2D eigenvalue weighted by Crippen LogP contribution is 2.33. The van der Waals surface area contributed by atoms with E-state index in [1.807, 2.05) is 6.92 Å². The minimum absolute atomic E-state index is 0.128. The van der Waals surface area contributed by atoms with Gasteiger partial charge in [0.1, 0.15) is 4.88 Å². The van der Waals surface area contributed by atoms with Crippen LogP contribution in [-0.4, -0.2) is 28.1 Å². The molecule has 0 bridgehead atoms. The summed E-state index contributed by atoms with van der Waals surface area (Å²) in [5.41, 5.74) is -0.721. The van der Waals surface area contributed by atoms with Crippen LogP contribution >= 0.6 is 11.3 Å². The highest BCUT2D eigenvalue weighted by atomic mass is 32.1. The third-order valence-corrected chi connectivity index (χ3v) is 4.95. The van der Waals surface area contributed by atoms with Gasteiger partial charge in [0, 0.05) is 6.54 Å². The van der Waals surface area contributed by atoms with Crippen molar-refractivity contribution in [2.45, 2.75) is 51.6 Å². The first-order valence-corrected chi connectivity index (χ1v) is 7.77. The summed E-state index contributed by atoms with van der Waals surface area (Å²) < 4.78 is 0. The molecule has 1 aliphatic carbocycles. The molecule has 0 aliphatic heterocycles. The molecular formula is C14H22N2O2S. The van der Waals surface area contributed by atoms with E-state index in [-0.39, 0.29) is 5.91 Å². The topological polar surface area (TPSA) is 62.2 Å². The molecule has 0 atom stereocenters. The molecule has 1 fully saturated rings. The van der Waals surface area contributed by atoms with Crippen LogP contribution in [0.15, 0.2) is 6.20 Å². The number of nitrogens with zero attached hydrogens (tertiary/aromatic N) is 1. The smallest absolute Gasteiger partial charge is 0.263 e. The molecule has 1 aromatic heterocycles. The van der Waals surface area contributed by atoms with Gasteiger partial charge in [0.2, 0.25) is 0 Å². The lowest BCUT2D eigenvalue weighted by atomic mass is 9.78. The number of rotatable bonds is 4. The second-order valence-electron chi connectivity index (χ2n) is 5.50. The molecule has 1 heterocycles. The predicted molar refractivity (Wildman–Crippen MR) is 76.4 cm³/mol. The molecule has 106 valence electrons. The summed E-state index contributed by atoms with van der Waals surface area (Å²) in [6.07, 6.45) is 6.46. The highest BCUT2D eigenvalue weighted by Gasteiger charge is 2.33. The molecule has 0 unspecified atom stereocenters. The first-order chi connectivity index (χ1) is 9.02. The molecular weight excluding hydrogens is 260 g/mol. The van der Waals surface area contributed by atoms with Crippen LogP contribution in [0, 0.1) is 12.8 Å². The van der Waals surface area contributed by atoms with Gasteiger partial charge in [-0.3, -0.25) is 4.79 Å². The van der Waals surface area contributed by atoms with E-state index in [4.69, 9.17) is 0 Å². The van der Waals surface area contributed by atoms with Crippen LogP contribution in [-0.2, 0) is 0 Å². The van der Waals surface area contributed by atoms with Crippen LogP contribution in [0.3, 0.4) is 0 Å². The average Bonchev–Trinajstić information content (AvgIpc) is 2.84. The maximum Gasteiger partial charge on any atom is 0.263 e. The molecule has 5 heteroatoms. The van der Waals surface area contributed by atoms with Gasteiger partial charge in [-0.05, 0) is 38.5 Å².